The van der Waals surface area contributed by atoms with Crippen LogP contribution in [0.4, 0.5) is 0 Å². The first-order valence-corrected chi connectivity index (χ1v) is 6.16. The smallest absolute Gasteiger partial charge is 0.133 e. The number of ketones is 1. The molecule has 1 rings (SSSR count). The summed E-state index contributed by atoms with van der Waals surface area (Å²) < 4.78 is 5.88. The third-order valence-corrected chi connectivity index (χ3v) is 2.69. The van der Waals surface area contributed by atoms with Gasteiger partial charge in [-0.25, -0.2) is 0 Å². The van der Waals surface area contributed by atoms with Crippen LogP contribution >= 0.6 is 0 Å². The molecule has 1 unspecified atom stereocenters. The van der Waals surface area contributed by atoms with E-state index in [1.807, 2.05) is 19.9 Å². The van der Waals surface area contributed by atoms with Crippen LogP contribution in [-0.4, -0.2) is 11.9 Å². The molecule has 0 amide bonds. The summed E-state index contributed by atoms with van der Waals surface area (Å²) in [6.45, 7) is 9.88. The van der Waals surface area contributed by atoms with Gasteiger partial charge in [-0.1, -0.05) is 26.0 Å². The third-order valence-electron chi connectivity index (χ3n) is 2.69. The highest BCUT2D eigenvalue weighted by Crippen LogP contribution is 2.28. The van der Waals surface area contributed by atoms with Crippen LogP contribution in [0.2, 0.25) is 0 Å². The third kappa shape index (κ3) is 4.22. The van der Waals surface area contributed by atoms with Crippen molar-refractivity contribution in [1.82, 2.24) is 0 Å². The van der Waals surface area contributed by atoms with Crippen molar-refractivity contribution >= 4 is 5.78 Å². The molecule has 0 radical (unpaired) electrons. The predicted octanol–water partition coefficient (Wildman–Crippen LogP) is 3.86. The van der Waals surface area contributed by atoms with Crippen molar-refractivity contribution in [3.63, 3.8) is 0 Å². The molecule has 0 N–H and O–H groups in total. The van der Waals surface area contributed by atoms with E-state index in [4.69, 9.17) is 4.74 Å². The Morgan fingerprint density at radius 3 is 2.47 bits per heavy atom. The molecule has 94 valence electrons. The van der Waals surface area contributed by atoms with Gasteiger partial charge in [0.05, 0.1) is 0 Å². The van der Waals surface area contributed by atoms with Crippen LogP contribution in [0, 0.1) is 6.92 Å². The second-order valence-electron chi connectivity index (χ2n) is 5.03. The average molecular weight is 234 g/mol. The summed E-state index contributed by atoms with van der Waals surface area (Å²) in [4.78, 5) is 11.1. The highest BCUT2D eigenvalue weighted by atomic mass is 16.5. The van der Waals surface area contributed by atoms with Gasteiger partial charge in [-0.3, -0.25) is 4.79 Å². The van der Waals surface area contributed by atoms with Gasteiger partial charge in [0.15, 0.2) is 0 Å². The molecule has 0 spiro atoms. The van der Waals surface area contributed by atoms with E-state index in [9.17, 15) is 4.79 Å². The van der Waals surface area contributed by atoms with Crippen molar-refractivity contribution in [2.75, 3.05) is 0 Å². The van der Waals surface area contributed by atoms with Crippen molar-refractivity contribution in [2.45, 2.75) is 53.1 Å². The van der Waals surface area contributed by atoms with Crippen molar-refractivity contribution < 1.29 is 9.53 Å². The summed E-state index contributed by atoms with van der Waals surface area (Å²) in [5, 5.41) is 0. The molecule has 0 aliphatic carbocycles. The summed E-state index contributed by atoms with van der Waals surface area (Å²) in [6.07, 6.45) is 0.401. The number of aryl methyl sites for hydroxylation is 1. The van der Waals surface area contributed by atoms with E-state index in [0.717, 1.165) is 5.75 Å². The molecular weight excluding hydrogens is 212 g/mol. The molecule has 0 saturated carbocycles. The Balaban J connectivity index is 2.88. The number of rotatable bonds is 5. The van der Waals surface area contributed by atoms with E-state index in [-0.39, 0.29) is 11.9 Å². The maximum Gasteiger partial charge on any atom is 0.133 e. The van der Waals surface area contributed by atoms with Crippen LogP contribution in [0.15, 0.2) is 18.2 Å². The molecule has 2 heteroatoms. The topological polar surface area (TPSA) is 26.3 Å². The van der Waals surface area contributed by atoms with E-state index in [1.54, 1.807) is 6.92 Å². The Kier molecular flexibility index (Phi) is 4.73. The zero-order valence-corrected chi connectivity index (χ0v) is 11.4. The van der Waals surface area contributed by atoms with Gasteiger partial charge in [0, 0.05) is 6.42 Å². The molecule has 1 aromatic rings. The summed E-state index contributed by atoms with van der Waals surface area (Å²) in [5.41, 5.74) is 2.38. The second-order valence-corrected chi connectivity index (χ2v) is 5.03. The first-order chi connectivity index (χ1) is 7.90. The van der Waals surface area contributed by atoms with Gasteiger partial charge in [0.1, 0.15) is 17.6 Å². The summed E-state index contributed by atoms with van der Waals surface area (Å²) >= 11 is 0. The lowest BCUT2D eigenvalue weighted by Gasteiger charge is -2.19. The maximum absolute atomic E-state index is 11.1. The largest absolute Gasteiger partial charge is 0.490 e. The Hall–Kier alpha value is -1.31. The Morgan fingerprint density at radius 1 is 1.29 bits per heavy atom. The number of carbonyl (C=O) groups excluding carboxylic acids is 1. The van der Waals surface area contributed by atoms with Crippen LogP contribution in [0.1, 0.15) is 51.2 Å². The van der Waals surface area contributed by atoms with Gasteiger partial charge in [0.2, 0.25) is 0 Å². The van der Waals surface area contributed by atoms with Crippen molar-refractivity contribution in [3.05, 3.63) is 29.3 Å². The summed E-state index contributed by atoms with van der Waals surface area (Å²) in [7, 11) is 0. The lowest BCUT2D eigenvalue weighted by Crippen LogP contribution is -2.16. The molecule has 2 nitrogen and oxygen atoms in total. The molecule has 17 heavy (non-hydrogen) atoms. The molecule has 0 fully saturated rings. The number of hydrogen-bond acceptors (Lipinski definition) is 2. The van der Waals surface area contributed by atoms with Crippen molar-refractivity contribution in [2.24, 2.45) is 0 Å². The van der Waals surface area contributed by atoms with E-state index < -0.39 is 0 Å². The number of ether oxygens (including phenoxy) is 1. The quantitative estimate of drug-likeness (QED) is 0.773. The lowest BCUT2D eigenvalue weighted by atomic mass is 10.0. The van der Waals surface area contributed by atoms with Gasteiger partial charge < -0.3 is 4.74 Å². The van der Waals surface area contributed by atoms with Crippen molar-refractivity contribution in [3.8, 4) is 5.75 Å². The zero-order valence-electron chi connectivity index (χ0n) is 11.4. The minimum absolute atomic E-state index is 0.0631. The predicted molar refractivity (Wildman–Crippen MR) is 70.7 cm³/mol. The van der Waals surface area contributed by atoms with Crippen LogP contribution in [-0.2, 0) is 4.79 Å². The first kappa shape index (κ1) is 13.8. The van der Waals surface area contributed by atoms with Gasteiger partial charge in [-0.15, -0.1) is 0 Å². The Bertz CT molecular complexity index is 394. The Labute approximate surface area is 104 Å². The molecule has 0 aromatic heterocycles. The van der Waals surface area contributed by atoms with E-state index in [1.165, 1.54) is 11.1 Å². The molecule has 1 atom stereocenters. The van der Waals surface area contributed by atoms with Gasteiger partial charge in [-0.2, -0.15) is 0 Å². The number of Topliss-reactive ketones (excluding diaryl/α,β-unsaturated/α-hetero) is 1. The molecule has 0 aliphatic heterocycles. The van der Waals surface area contributed by atoms with E-state index >= 15 is 0 Å². The molecule has 0 bridgehead atoms. The Morgan fingerprint density at radius 2 is 1.94 bits per heavy atom. The van der Waals surface area contributed by atoms with Gasteiger partial charge in [-0.05, 0) is 43.9 Å². The van der Waals surface area contributed by atoms with Gasteiger partial charge >= 0.3 is 0 Å². The highest BCUT2D eigenvalue weighted by Gasteiger charge is 2.12. The van der Waals surface area contributed by atoms with Crippen LogP contribution in [0.3, 0.4) is 0 Å². The SMILES string of the molecule is CC(=O)CC(C)Oc1cc(C)ccc1C(C)C. The fraction of sp³-hybridized carbons (Fsp3) is 0.533. The number of hydrogen-bond donors (Lipinski definition) is 0. The molecule has 1 aromatic carbocycles. The minimum atomic E-state index is -0.0631. The van der Waals surface area contributed by atoms with Gasteiger partial charge in [0.25, 0.3) is 0 Å². The fourth-order valence-corrected chi connectivity index (χ4v) is 1.88. The standard InChI is InChI=1S/C15H22O2/c1-10(2)14-7-6-11(3)8-15(14)17-13(5)9-12(4)16/h6-8,10,13H,9H2,1-5H3. The number of carbonyl (C=O) groups is 1. The maximum atomic E-state index is 11.1. The van der Waals surface area contributed by atoms with Crippen LogP contribution in [0.25, 0.3) is 0 Å². The second kappa shape index (κ2) is 5.85. The molecule has 0 aliphatic rings. The highest BCUT2D eigenvalue weighted by molar-refractivity contribution is 5.75. The zero-order chi connectivity index (χ0) is 13.0. The van der Waals surface area contributed by atoms with Crippen LogP contribution in [0.5, 0.6) is 5.75 Å². The monoisotopic (exact) mass is 234 g/mol. The molecule has 0 saturated heterocycles. The molecular formula is C15H22O2. The molecule has 0 heterocycles. The van der Waals surface area contributed by atoms with E-state index in [2.05, 4.69) is 26.0 Å². The first-order valence-electron chi connectivity index (χ1n) is 6.16. The summed E-state index contributed by atoms with van der Waals surface area (Å²) in [6, 6.07) is 6.25. The van der Waals surface area contributed by atoms with E-state index in [0.29, 0.717) is 12.3 Å². The van der Waals surface area contributed by atoms with Crippen LogP contribution < -0.4 is 4.74 Å². The normalized spacial score (nSPS) is 12.6. The summed E-state index contributed by atoms with van der Waals surface area (Å²) in [5.74, 6) is 1.50. The fourth-order valence-electron chi connectivity index (χ4n) is 1.88. The van der Waals surface area contributed by atoms with Crippen molar-refractivity contribution in [1.29, 1.82) is 0 Å². The minimum Gasteiger partial charge on any atom is -0.490 e. The average Bonchev–Trinajstić information content (AvgIpc) is 2.15. The number of benzene rings is 1. The lowest BCUT2D eigenvalue weighted by molar-refractivity contribution is -0.118.